The zero-order chi connectivity index (χ0) is 13.7. The summed E-state index contributed by atoms with van der Waals surface area (Å²) in [7, 11) is 0. The van der Waals surface area contributed by atoms with E-state index in [2.05, 4.69) is 32.0 Å². The van der Waals surface area contributed by atoms with Gasteiger partial charge in [0.2, 0.25) is 0 Å². The minimum Gasteiger partial charge on any atom is -0.465 e. The minimum atomic E-state index is -0.0547. The summed E-state index contributed by atoms with van der Waals surface area (Å²) in [6.45, 7) is 4.93. The van der Waals surface area contributed by atoms with Gasteiger partial charge in [-0.25, -0.2) is 0 Å². The molecule has 1 aromatic rings. The molecule has 0 spiro atoms. The molecule has 2 nitrogen and oxygen atoms in total. The summed E-state index contributed by atoms with van der Waals surface area (Å²) < 4.78 is 5.17. The summed E-state index contributed by atoms with van der Waals surface area (Å²) in [6, 6.07) is 6.67. The lowest BCUT2D eigenvalue weighted by atomic mass is 9.93. The number of thioether (sulfide) groups is 1. The Morgan fingerprint density at radius 3 is 2.95 bits per heavy atom. The van der Waals surface area contributed by atoms with Crippen molar-refractivity contribution in [1.29, 1.82) is 0 Å². The second-order valence-electron chi connectivity index (χ2n) is 5.15. The first-order chi connectivity index (χ1) is 9.20. The average Bonchev–Trinajstić information content (AvgIpc) is 2.42. The standard InChI is InChI=1S/C16H22O2S/c1-3-4-9-19-15-10-13(6-5-12(15)2)14-7-8-16(17)18-11-14/h5-6,10,14H,3-4,7-9,11H2,1-2H3/t14-/m1/s1. The van der Waals surface area contributed by atoms with E-state index in [9.17, 15) is 4.79 Å². The highest BCUT2D eigenvalue weighted by Gasteiger charge is 2.21. The molecule has 1 heterocycles. The van der Waals surface area contributed by atoms with Crippen LogP contribution in [0.5, 0.6) is 0 Å². The van der Waals surface area contributed by atoms with E-state index in [1.54, 1.807) is 0 Å². The number of hydrogen-bond acceptors (Lipinski definition) is 3. The quantitative estimate of drug-likeness (QED) is 0.456. The largest absolute Gasteiger partial charge is 0.465 e. The molecule has 0 amide bonds. The van der Waals surface area contributed by atoms with E-state index < -0.39 is 0 Å². The number of esters is 1. The third-order valence-corrected chi connectivity index (χ3v) is 4.83. The Hall–Kier alpha value is -0.960. The number of carbonyl (C=O) groups is 1. The molecule has 3 heteroatoms. The molecule has 0 saturated carbocycles. The van der Waals surface area contributed by atoms with Gasteiger partial charge >= 0.3 is 5.97 Å². The van der Waals surface area contributed by atoms with Crippen molar-refractivity contribution in [2.45, 2.75) is 50.3 Å². The molecule has 0 aliphatic carbocycles. The Balaban J connectivity index is 2.05. The van der Waals surface area contributed by atoms with Crippen LogP contribution in [0.4, 0.5) is 0 Å². The van der Waals surface area contributed by atoms with Crippen LogP contribution in [0.3, 0.4) is 0 Å². The number of benzene rings is 1. The molecule has 0 unspecified atom stereocenters. The summed E-state index contributed by atoms with van der Waals surface area (Å²) in [5.41, 5.74) is 2.66. The summed E-state index contributed by atoms with van der Waals surface area (Å²) >= 11 is 1.94. The second-order valence-corrected chi connectivity index (χ2v) is 6.28. The predicted octanol–water partition coefficient (Wildman–Crippen LogP) is 4.31. The maximum absolute atomic E-state index is 11.1. The van der Waals surface area contributed by atoms with Gasteiger partial charge in [0.1, 0.15) is 0 Å². The lowest BCUT2D eigenvalue weighted by molar-refractivity contribution is -0.147. The van der Waals surface area contributed by atoms with E-state index in [4.69, 9.17) is 4.74 Å². The molecule has 1 aliphatic rings. The van der Waals surface area contributed by atoms with Gasteiger partial charge in [0.25, 0.3) is 0 Å². The maximum atomic E-state index is 11.1. The van der Waals surface area contributed by atoms with Crippen LogP contribution >= 0.6 is 11.8 Å². The van der Waals surface area contributed by atoms with Gasteiger partial charge < -0.3 is 4.74 Å². The number of carbonyl (C=O) groups excluding carboxylic acids is 1. The van der Waals surface area contributed by atoms with Gasteiger partial charge in [-0.05, 0) is 42.7 Å². The lowest BCUT2D eigenvalue weighted by Gasteiger charge is -2.22. The first-order valence-electron chi connectivity index (χ1n) is 7.09. The Bertz CT molecular complexity index is 432. The van der Waals surface area contributed by atoms with Gasteiger partial charge in [0.15, 0.2) is 0 Å². The van der Waals surface area contributed by atoms with Gasteiger partial charge in [-0.3, -0.25) is 4.79 Å². The molecule has 1 atom stereocenters. The summed E-state index contributed by atoms with van der Waals surface area (Å²) in [5.74, 6) is 1.50. The summed E-state index contributed by atoms with van der Waals surface area (Å²) in [6.07, 6.45) is 3.97. The van der Waals surface area contributed by atoms with Crippen LogP contribution < -0.4 is 0 Å². The van der Waals surface area contributed by atoms with Crippen molar-refractivity contribution in [1.82, 2.24) is 0 Å². The Morgan fingerprint density at radius 1 is 1.42 bits per heavy atom. The highest BCUT2D eigenvalue weighted by Crippen LogP contribution is 2.31. The van der Waals surface area contributed by atoms with E-state index in [0.717, 1.165) is 6.42 Å². The van der Waals surface area contributed by atoms with Crippen molar-refractivity contribution < 1.29 is 9.53 Å². The summed E-state index contributed by atoms with van der Waals surface area (Å²) in [4.78, 5) is 12.5. The Kier molecular flexibility index (Phi) is 5.32. The predicted molar refractivity (Wildman–Crippen MR) is 79.7 cm³/mol. The smallest absolute Gasteiger partial charge is 0.305 e. The molecular weight excluding hydrogens is 256 g/mol. The number of aryl methyl sites for hydroxylation is 1. The van der Waals surface area contributed by atoms with Gasteiger partial charge in [-0.15, -0.1) is 11.8 Å². The van der Waals surface area contributed by atoms with Crippen molar-refractivity contribution in [2.75, 3.05) is 12.4 Å². The van der Waals surface area contributed by atoms with Crippen LogP contribution in [0.25, 0.3) is 0 Å². The van der Waals surface area contributed by atoms with Crippen LogP contribution in [-0.2, 0) is 9.53 Å². The van der Waals surface area contributed by atoms with E-state index in [1.165, 1.54) is 34.6 Å². The van der Waals surface area contributed by atoms with Gasteiger partial charge in [-0.1, -0.05) is 25.5 Å². The molecule has 1 aromatic carbocycles. The maximum Gasteiger partial charge on any atom is 0.305 e. The summed E-state index contributed by atoms with van der Waals surface area (Å²) in [5, 5.41) is 0. The van der Waals surface area contributed by atoms with Gasteiger partial charge in [0, 0.05) is 17.2 Å². The molecule has 2 rings (SSSR count). The van der Waals surface area contributed by atoms with E-state index in [-0.39, 0.29) is 5.97 Å². The first-order valence-corrected chi connectivity index (χ1v) is 8.08. The van der Waals surface area contributed by atoms with Crippen LogP contribution in [0, 0.1) is 6.92 Å². The molecule has 1 aliphatic heterocycles. The van der Waals surface area contributed by atoms with E-state index in [1.807, 2.05) is 11.8 Å². The molecule has 19 heavy (non-hydrogen) atoms. The van der Waals surface area contributed by atoms with Crippen LogP contribution in [0.15, 0.2) is 23.1 Å². The van der Waals surface area contributed by atoms with Crippen LogP contribution in [0.1, 0.15) is 49.7 Å². The molecule has 0 aromatic heterocycles. The van der Waals surface area contributed by atoms with E-state index in [0.29, 0.717) is 18.9 Å². The van der Waals surface area contributed by atoms with Crippen LogP contribution in [-0.4, -0.2) is 18.3 Å². The highest BCUT2D eigenvalue weighted by molar-refractivity contribution is 7.99. The van der Waals surface area contributed by atoms with Crippen molar-refractivity contribution in [3.8, 4) is 0 Å². The second kappa shape index (κ2) is 6.99. The highest BCUT2D eigenvalue weighted by atomic mass is 32.2. The fourth-order valence-electron chi connectivity index (χ4n) is 2.26. The van der Waals surface area contributed by atoms with Gasteiger partial charge in [-0.2, -0.15) is 0 Å². The SMILES string of the molecule is CCCCSc1cc([C@@H]2CCC(=O)OC2)ccc1C. The molecule has 104 valence electrons. The van der Waals surface area contributed by atoms with Gasteiger partial charge in [0.05, 0.1) is 6.61 Å². The third kappa shape index (κ3) is 4.00. The number of unbranched alkanes of at least 4 members (excludes halogenated alkanes) is 1. The molecule has 1 fully saturated rings. The monoisotopic (exact) mass is 278 g/mol. The van der Waals surface area contributed by atoms with Crippen LogP contribution in [0.2, 0.25) is 0 Å². The Labute approximate surface area is 119 Å². The third-order valence-electron chi connectivity index (χ3n) is 3.58. The zero-order valence-corrected chi connectivity index (χ0v) is 12.6. The average molecular weight is 278 g/mol. The molecule has 0 N–H and O–H groups in total. The number of ether oxygens (including phenoxy) is 1. The molecular formula is C16H22O2S. The zero-order valence-electron chi connectivity index (χ0n) is 11.8. The molecule has 0 radical (unpaired) electrons. The fourth-order valence-corrected chi connectivity index (χ4v) is 3.42. The number of hydrogen-bond donors (Lipinski definition) is 0. The number of rotatable bonds is 5. The lowest BCUT2D eigenvalue weighted by Crippen LogP contribution is -2.20. The number of cyclic esters (lactones) is 1. The Morgan fingerprint density at radius 2 is 2.26 bits per heavy atom. The van der Waals surface area contributed by atoms with Crippen molar-refractivity contribution >= 4 is 17.7 Å². The minimum absolute atomic E-state index is 0.0547. The van der Waals surface area contributed by atoms with E-state index >= 15 is 0 Å². The van der Waals surface area contributed by atoms with Crippen molar-refractivity contribution in [3.05, 3.63) is 29.3 Å². The first kappa shape index (κ1) is 14.4. The molecule has 0 bridgehead atoms. The topological polar surface area (TPSA) is 26.3 Å². The normalized spacial score (nSPS) is 19.3. The van der Waals surface area contributed by atoms with Crippen molar-refractivity contribution in [2.24, 2.45) is 0 Å². The van der Waals surface area contributed by atoms with Crippen molar-refractivity contribution in [3.63, 3.8) is 0 Å². The fraction of sp³-hybridized carbons (Fsp3) is 0.562. The molecule has 1 saturated heterocycles.